The molecule has 0 spiro atoms. The number of quaternary nitrogens is 1. The van der Waals surface area contributed by atoms with Gasteiger partial charge in [0.05, 0.1) is 21.3 Å². The molecule has 5 heteroatoms. The van der Waals surface area contributed by atoms with Gasteiger partial charge in [-0.05, 0) is 61.7 Å². The van der Waals surface area contributed by atoms with Crippen LogP contribution in [0.4, 0.5) is 0 Å². The summed E-state index contributed by atoms with van der Waals surface area (Å²) in [5.41, 5.74) is 6.01. The molecule has 0 saturated carbocycles. The number of nitrogens with one attached hydrogen (secondary N) is 1. The molecule has 0 amide bonds. The Labute approximate surface area is 165 Å². The van der Waals surface area contributed by atoms with Crippen molar-refractivity contribution < 1.29 is 18.8 Å². The zero-order valence-electron chi connectivity index (χ0n) is 17.4. The summed E-state index contributed by atoms with van der Waals surface area (Å²) < 4.78 is 16.2. The van der Waals surface area contributed by atoms with Crippen molar-refractivity contribution in [2.24, 2.45) is 0 Å². The molecule has 0 aliphatic heterocycles. The maximum Gasteiger partial charge on any atom is 0.336 e. The van der Waals surface area contributed by atoms with Gasteiger partial charge in [0.25, 0.3) is 0 Å². The molecule has 0 radical (unpaired) electrons. The SMILES string of the molecule is COc1cc(C)c(C[NH+](C)Cc2cc(=O)oc3cc(C)c(C)cc23)cc1OC. The van der Waals surface area contributed by atoms with Crippen LogP contribution in [0.25, 0.3) is 11.0 Å². The van der Waals surface area contributed by atoms with Crippen LogP contribution in [0.5, 0.6) is 11.5 Å². The van der Waals surface area contributed by atoms with E-state index in [2.05, 4.69) is 27.0 Å². The van der Waals surface area contributed by atoms with E-state index in [1.807, 2.05) is 25.1 Å². The van der Waals surface area contributed by atoms with Gasteiger partial charge in [0.2, 0.25) is 0 Å². The number of rotatable bonds is 6. The lowest BCUT2D eigenvalue weighted by Crippen LogP contribution is -3.06. The molecule has 0 aliphatic carbocycles. The number of fused-ring (bicyclic) bond motifs is 1. The van der Waals surface area contributed by atoms with E-state index in [-0.39, 0.29) is 5.63 Å². The third kappa shape index (κ3) is 4.04. The Morgan fingerprint density at radius 2 is 1.43 bits per heavy atom. The molecule has 148 valence electrons. The van der Waals surface area contributed by atoms with Crippen molar-refractivity contribution in [1.82, 2.24) is 0 Å². The molecule has 5 nitrogen and oxygen atoms in total. The van der Waals surface area contributed by atoms with Crippen molar-refractivity contribution >= 4 is 11.0 Å². The fraction of sp³-hybridized carbons (Fsp3) is 0.348. The monoisotopic (exact) mass is 382 g/mol. The molecule has 0 saturated heterocycles. The highest BCUT2D eigenvalue weighted by molar-refractivity contribution is 5.81. The lowest BCUT2D eigenvalue weighted by molar-refractivity contribution is -0.907. The number of benzene rings is 2. The van der Waals surface area contributed by atoms with E-state index in [1.54, 1.807) is 20.3 Å². The van der Waals surface area contributed by atoms with E-state index in [9.17, 15) is 4.79 Å². The van der Waals surface area contributed by atoms with Gasteiger partial charge < -0.3 is 18.8 Å². The summed E-state index contributed by atoms with van der Waals surface area (Å²) in [5, 5.41) is 1.01. The predicted molar refractivity (Wildman–Crippen MR) is 111 cm³/mol. The van der Waals surface area contributed by atoms with Gasteiger partial charge in [0, 0.05) is 22.6 Å². The van der Waals surface area contributed by atoms with Gasteiger partial charge in [-0.2, -0.15) is 0 Å². The van der Waals surface area contributed by atoms with Crippen LogP contribution in [-0.4, -0.2) is 21.3 Å². The van der Waals surface area contributed by atoms with Crippen LogP contribution in [0.2, 0.25) is 0 Å². The molecule has 2 aromatic carbocycles. The van der Waals surface area contributed by atoms with Crippen LogP contribution >= 0.6 is 0 Å². The smallest absolute Gasteiger partial charge is 0.336 e. The average molecular weight is 382 g/mol. The Bertz CT molecular complexity index is 1070. The number of hydrogen-bond donors (Lipinski definition) is 1. The first-order chi connectivity index (χ1) is 13.3. The average Bonchev–Trinajstić information content (AvgIpc) is 2.64. The van der Waals surface area contributed by atoms with Gasteiger partial charge in [-0.15, -0.1) is 0 Å². The Balaban J connectivity index is 1.91. The summed E-state index contributed by atoms with van der Waals surface area (Å²) >= 11 is 0. The van der Waals surface area contributed by atoms with Gasteiger partial charge in [0.15, 0.2) is 11.5 Å². The second-order valence-electron chi connectivity index (χ2n) is 7.47. The van der Waals surface area contributed by atoms with Crippen LogP contribution < -0.4 is 20.0 Å². The van der Waals surface area contributed by atoms with Crippen LogP contribution in [0.15, 0.2) is 39.5 Å². The van der Waals surface area contributed by atoms with Crippen LogP contribution in [0.1, 0.15) is 27.8 Å². The maximum absolute atomic E-state index is 12.0. The molecule has 0 bridgehead atoms. The molecular weight excluding hydrogens is 354 g/mol. The van der Waals surface area contributed by atoms with Gasteiger partial charge in [-0.25, -0.2) is 4.79 Å². The first-order valence-electron chi connectivity index (χ1n) is 9.39. The quantitative estimate of drug-likeness (QED) is 0.666. The molecule has 1 aromatic heterocycles. The molecule has 3 aromatic rings. The van der Waals surface area contributed by atoms with Crippen molar-refractivity contribution in [3.63, 3.8) is 0 Å². The number of aryl methyl sites for hydroxylation is 3. The van der Waals surface area contributed by atoms with Crippen molar-refractivity contribution in [2.45, 2.75) is 33.9 Å². The van der Waals surface area contributed by atoms with E-state index in [0.29, 0.717) is 5.58 Å². The Hall–Kier alpha value is -2.79. The molecular formula is C23H28NO4+. The lowest BCUT2D eigenvalue weighted by atomic mass is 10.0. The normalized spacial score (nSPS) is 12.2. The highest BCUT2D eigenvalue weighted by Crippen LogP contribution is 2.30. The Morgan fingerprint density at radius 3 is 2.11 bits per heavy atom. The van der Waals surface area contributed by atoms with Crippen molar-refractivity contribution in [3.8, 4) is 11.5 Å². The van der Waals surface area contributed by atoms with E-state index in [1.165, 1.54) is 16.0 Å². The molecule has 1 heterocycles. The minimum atomic E-state index is -0.305. The Morgan fingerprint density at radius 1 is 0.821 bits per heavy atom. The third-order valence-electron chi connectivity index (χ3n) is 5.27. The van der Waals surface area contributed by atoms with Crippen molar-refractivity contribution in [2.75, 3.05) is 21.3 Å². The molecule has 0 aliphatic rings. The van der Waals surface area contributed by atoms with Gasteiger partial charge in [0.1, 0.15) is 18.7 Å². The fourth-order valence-electron chi connectivity index (χ4n) is 3.56. The summed E-state index contributed by atoms with van der Waals surface area (Å²) in [5.74, 6) is 1.46. The van der Waals surface area contributed by atoms with Crippen LogP contribution in [-0.2, 0) is 13.1 Å². The fourth-order valence-corrected chi connectivity index (χ4v) is 3.56. The Kier molecular flexibility index (Phi) is 5.75. The van der Waals surface area contributed by atoms with Gasteiger partial charge in [-0.3, -0.25) is 0 Å². The number of hydrogen-bond acceptors (Lipinski definition) is 4. The zero-order valence-corrected chi connectivity index (χ0v) is 17.4. The van der Waals surface area contributed by atoms with E-state index in [4.69, 9.17) is 13.9 Å². The molecule has 1 N–H and O–H groups in total. The molecule has 1 unspecified atom stereocenters. The summed E-state index contributed by atoms with van der Waals surface area (Å²) in [6, 6.07) is 9.70. The second kappa shape index (κ2) is 8.07. The minimum Gasteiger partial charge on any atom is -0.493 e. The summed E-state index contributed by atoms with van der Waals surface area (Å²) in [7, 11) is 5.41. The molecule has 3 rings (SSSR count). The molecule has 28 heavy (non-hydrogen) atoms. The van der Waals surface area contributed by atoms with Gasteiger partial charge in [-0.1, -0.05) is 0 Å². The topological polar surface area (TPSA) is 53.1 Å². The molecule has 1 atom stereocenters. The standard InChI is InChI=1S/C23H27NO4/c1-14-7-19-18(11-23(25)28-20(19)8-15(14)2)13-24(4)12-17-10-22(27-6)21(26-5)9-16(17)3/h7-11H,12-13H2,1-6H3/p+1. The number of ether oxygens (including phenoxy) is 2. The van der Waals surface area contributed by atoms with Crippen LogP contribution in [0, 0.1) is 20.8 Å². The van der Waals surface area contributed by atoms with Crippen molar-refractivity contribution in [1.29, 1.82) is 0 Å². The summed E-state index contributed by atoms with van der Waals surface area (Å²) in [4.78, 5) is 13.3. The maximum atomic E-state index is 12.0. The van der Waals surface area contributed by atoms with E-state index >= 15 is 0 Å². The van der Waals surface area contributed by atoms with E-state index in [0.717, 1.165) is 46.7 Å². The first kappa shape index (κ1) is 20.0. The minimum absolute atomic E-state index is 0.305. The summed E-state index contributed by atoms with van der Waals surface area (Å²) in [6.07, 6.45) is 0. The highest BCUT2D eigenvalue weighted by Gasteiger charge is 2.15. The highest BCUT2D eigenvalue weighted by atomic mass is 16.5. The molecule has 0 fully saturated rings. The van der Waals surface area contributed by atoms with Gasteiger partial charge >= 0.3 is 5.63 Å². The predicted octanol–water partition coefficient (Wildman–Crippen LogP) is 2.95. The van der Waals surface area contributed by atoms with E-state index < -0.39 is 0 Å². The van der Waals surface area contributed by atoms with Crippen LogP contribution in [0.3, 0.4) is 0 Å². The van der Waals surface area contributed by atoms with Crippen molar-refractivity contribution in [3.05, 3.63) is 68.6 Å². The lowest BCUT2D eigenvalue weighted by Gasteiger charge is -2.18. The first-order valence-corrected chi connectivity index (χ1v) is 9.39. The summed E-state index contributed by atoms with van der Waals surface area (Å²) in [6.45, 7) is 7.70. The largest absolute Gasteiger partial charge is 0.493 e. The number of methoxy groups -OCH3 is 2. The second-order valence-corrected chi connectivity index (χ2v) is 7.47. The third-order valence-corrected chi connectivity index (χ3v) is 5.27. The zero-order chi connectivity index (χ0) is 20.4.